The Balaban J connectivity index is 1.93. The second-order valence-corrected chi connectivity index (χ2v) is 7.16. The summed E-state index contributed by atoms with van der Waals surface area (Å²) in [5.41, 5.74) is -1.08. The van der Waals surface area contributed by atoms with E-state index < -0.39 is 23.4 Å². The molecule has 0 unspecified atom stereocenters. The lowest BCUT2D eigenvalue weighted by Crippen LogP contribution is -2.31. The molecule has 0 radical (unpaired) electrons. The Morgan fingerprint density at radius 3 is 2.70 bits per heavy atom. The Morgan fingerprint density at radius 2 is 2.03 bits per heavy atom. The highest BCUT2D eigenvalue weighted by molar-refractivity contribution is 5.90. The third-order valence-corrected chi connectivity index (χ3v) is 4.51. The molecule has 0 bridgehead atoms. The number of aryl methyl sites for hydroxylation is 1. The molecule has 1 aliphatic heterocycles. The second-order valence-electron chi connectivity index (χ2n) is 7.16. The minimum atomic E-state index is -4.53. The molecule has 162 valence electrons. The van der Waals surface area contributed by atoms with Crippen molar-refractivity contribution in [2.45, 2.75) is 19.1 Å². The summed E-state index contributed by atoms with van der Waals surface area (Å²) in [7, 11) is 5.22. The summed E-state index contributed by atoms with van der Waals surface area (Å²) in [6, 6.07) is 4.58. The van der Waals surface area contributed by atoms with Gasteiger partial charge in [0.2, 0.25) is 5.95 Å². The van der Waals surface area contributed by atoms with Crippen molar-refractivity contribution >= 4 is 17.6 Å². The number of benzene rings is 1. The van der Waals surface area contributed by atoms with Crippen LogP contribution in [-0.2, 0) is 29.3 Å². The van der Waals surface area contributed by atoms with E-state index in [9.17, 15) is 22.8 Å². The van der Waals surface area contributed by atoms with Gasteiger partial charge in [-0.05, 0) is 38.7 Å². The SMILES string of the molecule is CN(C)CCCOC(=O)C1=CN(c2cccc(C(F)(F)F)c2)c2nn(C)c(=O)n2C1. The van der Waals surface area contributed by atoms with Crippen LogP contribution in [0.4, 0.5) is 24.8 Å². The fourth-order valence-corrected chi connectivity index (χ4v) is 3.01. The molecule has 0 amide bonds. The normalized spacial score (nSPS) is 14.0. The zero-order chi connectivity index (χ0) is 22.1. The fraction of sp³-hybridized carbons (Fsp3) is 0.421. The van der Waals surface area contributed by atoms with Crippen LogP contribution in [0, 0.1) is 0 Å². The second kappa shape index (κ2) is 8.34. The van der Waals surface area contributed by atoms with E-state index in [1.807, 2.05) is 19.0 Å². The largest absolute Gasteiger partial charge is 0.462 e. The average molecular weight is 425 g/mol. The molecule has 0 N–H and O–H groups in total. The number of nitrogens with zero attached hydrogens (tertiary/aromatic N) is 5. The van der Waals surface area contributed by atoms with Crippen LogP contribution < -0.4 is 10.6 Å². The van der Waals surface area contributed by atoms with E-state index in [0.717, 1.165) is 23.4 Å². The van der Waals surface area contributed by atoms with Gasteiger partial charge in [0.25, 0.3) is 0 Å². The van der Waals surface area contributed by atoms with Crippen LogP contribution in [0.25, 0.3) is 0 Å². The van der Waals surface area contributed by atoms with Crippen LogP contribution in [0.5, 0.6) is 0 Å². The van der Waals surface area contributed by atoms with E-state index in [-0.39, 0.29) is 30.4 Å². The van der Waals surface area contributed by atoms with Gasteiger partial charge in [-0.25, -0.2) is 14.3 Å². The van der Waals surface area contributed by atoms with Crippen LogP contribution in [0.15, 0.2) is 40.8 Å². The number of carbonyl (C=O) groups excluding carboxylic acids is 1. The van der Waals surface area contributed by atoms with Gasteiger partial charge in [-0.15, -0.1) is 5.10 Å². The summed E-state index contributed by atoms with van der Waals surface area (Å²) in [4.78, 5) is 28.1. The molecule has 0 saturated carbocycles. The van der Waals surface area contributed by atoms with Crippen LogP contribution >= 0.6 is 0 Å². The average Bonchev–Trinajstić information content (AvgIpc) is 2.98. The zero-order valence-electron chi connectivity index (χ0n) is 16.8. The lowest BCUT2D eigenvalue weighted by molar-refractivity contribution is -0.139. The van der Waals surface area contributed by atoms with Crippen molar-refractivity contribution in [2.24, 2.45) is 7.05 Å². The van der Waals surface area contributed by atoms with Gasteiger partial charge in [0.05, 0.1) is 24.3 Å². The number of anilines is 2. The van der Waals surface area contributed by atoms with Crippen molar-refractivity contribution in [1.82, 2.24) is 19.2 Å². The molecule has 1 aliphatic rings. The van der Waals surface area contributed by atoms with Gasteiger partial charge < -0.3 is 9.64 Å². The maximum absolute atomic E-state index is 13.1. The number of aromatic nitrogens is 3. The minimum Gasteiger partial charge on any atom is -0.462 e. The number of fused-ring (bicyclic) bond motifs is 1. The van der Waals surface area contributed by atoms with Crippen molar-refractivity contribution in [3.05, 3.63) is 52.1 Å². The first-order valence-corrected chi connectivity index (χ1v) is 9.21. The highest BCUT2D eigenvalue weighted by atomic mass is 19.4. The standard InChI is InChI=1S/C19H22F3N5O3/c1-24(2)8-5-9-30-16(28)13-11-26(17-23-25(3)18(29)27(17)12-13)15-7-4-6-14(10-15)19(20,21)22/h4,6-7,10-11H,5,8-9,12H2,1-3H3. The maximum Gasteiger partial charge on any atom is 0.416 e. The molecule has 1 aromatic heterocycles. The number of hydrogen-bond acceptors (Lipinski definition) is 6. The van der Waals surface area contributed by atoms with E-state index in [4.69, 9.17) is 4.74 Å². The third-order valence-electron chi connectivity index (χ3n) is 4.51. The lowest BCUT2D eigenvalue weighted by atomic mass is 10.1. The number of carbonyl (C=O) groups is 1. The first-order chi connectivity index (χ1) is 14.1. The first kappa shape index (κ1) is 21.6. The van der Waals surface area contributed by atoms with E-state index in [2.05, 4.69) is 5.10 Å². The zero-order valence-corrected chi connectivity index (χ0v) is 16.8. The van der Waals surface area contributed by atoms with Crippen LogP contribution in [-0.4, -0.2) is 52.5 Å². The number of rotatable bonds is 6. The quantitative estimate of drug-likeness (QED) is 0.522. The number of esters is 1. The first-order valence-electron chi connectivity index (χ1n) is 9.21. The topological polar surface area (TPSA) is 72.6 Å². The smallest absolute Gasteiger partial charge is 0.416 e. The molecular weight excluding hydrogens is 403 g/mol. The highest BCUT2D eigenvalue weighted by Gasteiger charge is 2.32. The van der Waals surface area contributed by atoms with Gasteiger partial charge in [-0.3, -0.25) is 9.47 Å². The molecule has 0 atom stereocenters. The molecule has 30 heavy (non-hydrogen) atoms. The molecule has 2 heterocycles. The molecular formula is C19H22F3N5O3. The molecule has 2 aromatic rings. The van der Waals surface area contributed by atoms with Crippen molar-refractivity contribution in [3.8, 4) is 0 Å². The van der Waals surface area contributed by atoms with Crippen LogP contribution in [0.3, 0.4) is 0 Å². The molecule has 11 heteroatoms. The third kappa shape index (κ3) is 4.56. The molecule has 8 nitrogen and oxygen atoms in total. The van der Waals surface area contributed by atoms with Crippen molar-refractivity contribution in [3.63, 3.8) is 0 Å². The number of alkyl halides is 3. The Bertz CT molecular complexity index is 1020. The van der Waals surface area contributed by atoms with Crippen molar-refractivity contribution < 1.29 is 22.7 Å². The summed E-state index contributed by atoms with van der Waals surface area (Å²) in [6.45, 7) is 0.839. The van der Waals surface area contributed by atoms with E-state index in [1.165, 1.54) is 34.8 Å². The Labute approximate surface area is 170 Å². The van der Waals surface area contributed by atoms with Crippen molar-refractivity contribution in [1.29, 1.82) is 0 Å². The van der Waals surface area contributed by atoms with E-state index in [1.54, 1.807) is 0 Å². The van der Waals surface area contributed by atoms with E-state index >= 15 is 0 Å². The highest BCUT2D eigenvalue weighted by Crippen LogP contribution is 2.34. The number of ether oxygens (including phenoxy) is 1. The number of halogens is 3. The monoisotopic (exact) mass is 425 g/mol. The summed E-state index contributed by atoms with van der Waals surface area (Å²) in [5.74, 6) is -0.516. The van der Waals surface area contributed by atoms with Gasteiger partial charge >= 0.3 is 17.8 Å². The van der Waals surface area contributed by atoms with Gasteiger partial charge in [0, 0.05) is 25.5 Å². The van der Waals surface area contributed by atoms with E-state index in [0.29, 0.717) is 6.42 Å². The Morgan fingerprint density at radius 1 is 1.30 bits per heavy atom. The van der Waals surface area contributed by atoms with Gasteiger partial charge in [0.15, 0.2) is 0 Å². The van der Waals surface area contributed by atoms with Crippen molar-refractivity contribution in [2.75, 3.05) is 32.1 Å². The predicted molar refractivity (Wildman–Crippen MR) is 103 cm³/mol. The molecule has 0 saturated heterocycles. The maximum atomic E-state index is 13.1. The Hall–Kier alpha value is -3.08. The summed E-state index contributed by atoms with van der Waals surface area (Å²) in [6.07, 6.45) is -2.54. The molecule has 0 spiro atoms. The van der Waals surface area contributed by atoms with Crippen LogP contribution in [0.2, 0.25) is 0 Å². The summed E-state index contributed by atoms with van der Waals surface area (Å²) >= 11 is 0. The molecule has 0 aliphatic carbocycles. The number of hydrogen-bond donors (Lipinski definition) is 0. The predicted octanol–water partition coefficient (Wildman–Crippen LogP) is 2.13. The summed E-state index contributed by atoms with van der Waals surface area (Å²) < 4.78 is 47.0. The minimum absolute atomic E-state index is 0.0794. The molecule has 0 fully saturated rings. The molecule has 3 rings (SSSR count). The summed E-state index contributed by atoms with van der Waals surface area (Å²) in [5, 5.41) is 4.10. The Kier molecular flexibility index (Phi) is 6.01. The van der Waals surface area contributed by atoms with Gasteiger partial charge in [0.1, 0.15) is 0 Å². The van der Waals surface area contributed by atoms with Crippen LogP contribution in [0.1, 0.15) is 12.0 Å². The van der Waals surface area contributed by atoms with Gasteiger partial charge in [-0.1, -0.05) is 6.07 Å². The lowest BCUT2D eigenvalue weighted by Gasteiger charge is -2.26. The fourth-order valence-electron chi connectivity index (χ4n) is 3.01. The molecule has 1 aromatic carbocycles. The van der Waals surface area contributed by atoms with Gasteiger partial charge in [-0.2, -0.15) is 13.2 Å².